The highest BCUT2D eigenvalue weighted by Gasteiger charge is 2.30. The van der Waals surface area contributed by atoms with Crippen LogP contribution in [0.3, 0.4) is 0 Å². The molecule has 1 unspecified atom stereocenters. The largest absolute Gasteiger partial charge is 0.481 e. The van der Waals surface area contributed by atoms with Gasteiger partial charge in [-0.05, 0) is 0 Å². The molecule has 1 aromatic heterocycles. The van der Waals surface area contributed by atoms with Gasteiger partial charge in [-0.1, -0.05) is 0 Å². The Balaban J connectivity index is 2.40. The first-order chi connectivity index (χ1) is 6.74. The van der Waals surface area contributed by atoms with E-state index >= 15 is 0 Å². The number of ether oxygens (including phenoxy) is 1. The third-order valence-corrected chi connectivity index (χ3v) is 2.35. The summed E-state index contributed by atoms with van der Waals surface area (Å²) in [5.74, 6) is -0.946. The predicted molar refractivity (Wildman–Crippen MR) is 47.2 cm³/mol. The third kappa shape index (κ3) is 1.24. The van der Waals surface area contributed by atoms with Gasteiger partial charge in [0.15, 0.2) is 0 Å². The highest BCUT2D eigenvalue weighted by molar-refractivity contribution is 5.77. The normalized spacial score (nSPS) is 20.2. The number of fused-ring (bicyclic) bond motifs is 1. The van der Waals surface area contributed by atoms with E-state index in [0.717, 1.165) is 5.56 Å². The van der Waals surface area contributed by atoms with Gasteiger partial charge in [-0.25, -0.2) is 0 Å². The van der Waals surface area contributed by atoms with Crippen molar-refractivity contribution in [1.29, 1.82) is 0 Å². The van der Waals surface area contributed by atoms with Crippen molar-refractivity contribution in [2.24, 2.45) is 0 Å². The topological polar surface area (TPSA) is 87.2 Å². The van der Waals surface area contributed by atoms with Gasteiger partial charge in [-0.15, -0.1) is 5.10 Å². The number of aromatic amines is 1. The van der Waals surface area contributed by atoms with Gasteiger partial charge in [0.2, 0.25) is 5.88 Å². The SMILES string of the molecule is COc1n[nH]c2c1CNCC2C(=O)O. The molecule has 14 heavy (non-hydrogen) atoms. The lowest BCUT2D eigenvalue weighted by molar-refractivity contribution is -0.138. The minimum absolute atomic E-state index is 0.424. The molecule has 0 aliphatic carbocycles. The van der Waals surface area contributed by atoms with Crippen LogP contribution in [0.25, 0.3) is 0 Å². The Morgan fingerprint density at radius 1 is 1.71 bits per heavy atom. The van der Waals surface area contributed by atoms with E-state index in [1.807, 2.05) is 0 Å². The highest BCUT2D eigenvalue weighted by atomic mass is 16.5. The number of carboxylic acids is 1. The summed E-state index contributed by atoms with van der Waals surface area (Å²) in [4.78, 5) is 10.9. The van der Waals surface area contributed by atoms with Crippen LogP contribution in [0.2, 0.25) is 0 Å². The number of hydrogen-bond donors (Lipinski definition) is 3. The Bertz CT molecular complexity index is 361. The van der Waals surface area contributed by atoms with E-state index < -0.39 is 11.9 Å². The molecule has 0 fully saturated rings. The van der Waals surface area contributed by atoms with Crippen molar-refractivity contribution in [1.82, 2.24) is 15.5 Å². The fourth-order valence-corrected chi connectivity index (χ4v) is 1.64. The first kappa shape index (κ1) is 9.01. The summed E-state index contributed by atoms with van der Waals surface area (Å²) >= 11 is 0. The van der Waals surface area contributed by atoms with E-state index in [0.29, 0.717) is 24.7 Å². The maximum Gasteiger partial charge on any atom is 0.313 e. The molecule has 0 saturated heterocycles. The van der Waals surface area contributed by atoms with Gasteiger partial charge in [-0.2, -0.15) is 0 Å². The summed E-state index contributed by atoms with van der Waals surface area (Å²) in [7, 11) is 1.51. The molecular weight excluding hydrogens is 186 g/mol. The van der Waals surface area contributed by atoms with Gasteiger partial charge >= 0.3 is 5.97 Å². The van der Waals surface area contributed by atoms with Crippen LogP contribution in [0.1, 0.15) is 17.2 Å². The number of rotatable bonds is 2. The van der Waals surface area contributed by atoms with Crippen molar-refractivity contribution in [3.63, 3.8) is 0 Å². The molecule has 1 aromatic rings. The molecule has 1 aliphatic heterocycles. The number of aliphatic carboxylic acids is 1. The second-order valence-electron chi connectivity index (χ2n) is 3.15. The summed E-state index contributed by atoms with van der Waals surface area (Å²) < 4.78 is 5.01. The Kier molecular flexibility index (Phi) is 2.12. The smallest absolute Gasteiger partial charge is 0.313 e. The fraction of sp³-hybridized carbons (Fsp3) is 0.500. The van der Waals surface area contributed by atoms with Crippen molar-refractivity contribution in [3.05, 3.63) is 11.3 Å². The Hall–Kier alpha value is -1.56. The molecule has 0 aromatic carbocycles. The zero-order chi connectivity index (χ0) is 10.1. The van der Waals surface area contributed by atoms with Gasteiger partial charge in [0.1, 0.15) is 5.92 Å². The van der Waals surface area contributed by atoms with Gasteiger partial charge < -0.3 is 15.2 Å². The van der Waals surface area contributed by atoms with Crippen LogP contribution in [-0.2, 0) is 11.3 Å². The van der Waals surface area contributed by atoms with Crippen LogP contribution >= 0.6 is 0 Å². The summed E-state index contributed by atoms with van der Waals surface area (Å²) in [5.41, 5.74) is 1.46. The molecule has 1 atom stereocenters. The molecule has 6 heteroatoms. The second kappa shape index (κ2) is 3.30. The summed E-state index contributed by atoms with van der Waals surface area (Å²) in [6.07, 6.45) is 0. The molecule has 6 nitrogen and oxygen atoms in total. The van der Waals surface area contributed by atoms with E-state index in [4.69, 9.17) is 9.84 Å². The number of nitrogens with zero attached hydrogens (tertiary/aromatic N) is 1. The van der Waals surface area contributed by atoms with E-state index in [-0.39, 0.29) is 0 Å². The lowest BCUT2D eigenvalue weighted by Gasteiger charge is -2.19. The first-order valence-electron chi connectivity index (χ1n) is 4.28. The molecule has 2 rings (SSSR count). The highest BCUT2D eigenvalue weighted by Crippen LogP contribution is 2.28. The Morgan fingerprint density at radius 3 is 3.14 bits per heavy atom. The molecule has 0 radical (unpaired) electrons. The number of carbonyl (C=O) groups is 1. The number of aromatic nitrogens is 2. The van der Waals surface area contributed by atoms with E-state index in [1.165, 1.54) is 7.11 Å². The van der Waals surface area contributed by atoms with Crippen LogP contribution < -0.4 is 10.1 Å². The zero-order valence-corrected chi connectivity index (χ0v) is 7.70. The zero-order valence-electron chi connectivity index (χ0n) is 7.70. The molecule has 0 amide bonds. The molecule has 0 spiro atoms. The Labute approximate surface area is 80.3 Å². The molecular formula is C8H11N3O3. The average Bonchev–Trinajstić information content (AvgIpc) is 2.59. The molecule has 0 saturated carbocycles. The number of H-pyrrole nitrogens is 1. The van der Waals surface area contributed by atoms with Crippen molar-refractivity contribution >= 4 is 5.97 Å². The predicted octanol–water partition coefficient (Wildman–Crippen LogP) is -0.310. The average molecular weight is 197 g/mol. The monoisotopic (exact) mass is 197 g/mol. The molecule has 0 bridgehead atoms. The lowest BCUT2D eigenvalue weighted by atomic mass is 9.98. The van der Waals surface area contributed by atoms with Crippen LogP contribution in [0.4, 0.5) is 0 Å². The van der Waals surface area contributed by atoms with Gasteiger partial charge in [0, 0.05) is 13.1 Å². The van der Waals surface area contributed by atoms with Crippen LogP contribution in [-0.4, -0.2) is 34.9 Å². The number of nitrogens with one attached hydrogen (secondary N) is 2. The quantitative estimate of drug-likeness (QED) is 0.605. The van der Waals surface area contributed by atoms with Gasteiger partial charge in [-0.3, -0.25) is 9.89 Å². The summed E-state index contributed by atoms with van der Waals surface area (Å²) in [6.45, 7) is 1.02. The summed E-state index contributed by atoms with van der Waals surface area (Å²) in [5, 5.41) is 18.6. The van der Waals surface area contributed by atoms with E-state index in [2.05, 4.69) is 15.5 Å². The van der Waals surface area contributed by atoms with Crippen LogP contribution in [0.15, 0.2) is 0 Å². The molecule has 3 N–H and O–H groups in total. The van der Waals surface area contributed by atoms with Crippen LogP contribution in [0, 0.1) is 0 Å². The summed E-state index contributed by atoms with van der Waals surface area (Å²) in [6, 6.07) is 0. The minimum Gasteiger partial charge on any atom is -0.481 e. The number of hydrogen-bond acceptors (Lipinski definition) is 4. The minimum atomic E-state index is -0.857. The van der Waals surface area contributed by atoms with Gasteiger partial charge in [0.05, 0.1) is 18.4 Å². The van der Waals surface area contributed by atoms with Crippen molar-refractivity contribution < 1.29 is 14.6 Å². The van der Waals surface area contributed by atoms with E-state index in [9.17, 15) is 4.79 Å². The molecule has 76 valence electrons. The number of methoxy groups -OCH3 is 1. The molecule has 2 heterocycles. The standard InChI is InChI=1S/C8H11N3O3/c1-14-7-4-2-9-3-5(8(12)13)6(4)10-11-7/h5,9H,2-3H2,1H3,(H,10,11)(H,12,13). The lowest BCUT2D eigenvalue weighted by Crippen LogP contribution is -2.32. The third-order valence-electron chi connectivity index (χ3n) is 2.35. The number of carboxylic acid groups (broad SMARTS) is 1. The van der Waals surface area contributed by atoms with E-state index in [1.54, 1.807) is 0 Å². The van der Waals surface area contributed by atoms with Crippen molar-refractivity contribution in [3.8, 4) is 5.88 Å². The second-order valence-corrected chi connectivity index (χ2v) is 3.15. The maximum atomic E-state index is 10.9. The molecule has 1 aliphatic rings. The van der Waals surface area contributed by atoms with Gasteiger partial charge in [0.25, 0.3) is 0 Å². The van der Waals surface area contributed by atoms with Crippen LogP contribution in [0.5, 0.6) is 5.88 Å². The van der Waals surface area contributed by atoms with Crippen molar-refractivity contribution in [2.75, 3.05) is 13.7 Å². The van der Waals surface area contributed by atoms with Crippen molar-refractivity contribution in [2.45, 2.75) is 12.5 Å². The fourth-order valence-electron chi connectivity index (χ4n) is 1.64. The maximum absolute atomic E-state index is 10.9. The Morgan fingerprint density at radius 2 is 2.50 bits per heavy atom. The first-order valence-corrected chi connectivity index (χ1v) is 4.28.